The summed E-state index contributed by atoms with van der Waals surface area (Å²) in [5.74, 6) is -3.02. The summed E-state index contributed by atoms with van der Waals surface area (Å²) in [6.45, 7) is 14.4. The molecular formula is C47H70O12. The van der Waals surface area contributed by atoms with E-state index in [1.807, 2.05) is 13.0 Å². The first-order chi connectivity index (χ1) is 28.0. The molecule has 0 aromatic heterocycles. The Morgan fingerprint density at radius 2 is 0.932 bits per heavy atom. The normalized spacial score (nSPS) is 12.8. The first-order valence-electron chi connectivity index (χ1n) is 20.3. The number of carbonyl (C=O) groups is 3. The Morgan fingerprint density at radius 1 is 0.542 bits per heavy atom. The third-order valence-corrected chi connectivity index (χ3v) is 9.33. The van der Waals surface area contributed by atoms with Gasteiger partial charge in [0.05, 0.1) is 20.8 Å². The van der Waals surface area contributed by atoms with E-state index in [1.54, 1.807) is 6.92 Å². The Labute approximate surface area is 352 Å². The molecule has 0 amide bonds. The number of esters is 2. The van der Waals surface area contributed by atoms with E-state index in [1.165, 1.54) is 42.1 Å². The summed E-state index contributed by atoms with van der Waals surface area (Å²) in [5.41, 5.74) is 8.97. The molecule has 0 bridgehead atoms. The lowest BCUT2D eigenvalue weighted by Crippen LogP contribution is -2.22. The molecule has 12 heteroatoms. The molecule has 0 spiro atoms. The fourth-order valence-corrected chi connectivity index (χ4v) is 5.98. The third kappa shape index (κ3) is 23.0. The van der Waals surface area contributed by atoms with Gasteiger partial charge in [0.15, 0.2) is 17.8 Å². The van der Waals surface area contributed by atoms with Gasteiger partial charge in [-0.15, -0.1) is 0 Å². The van der Waals surface area contributed by atoms with Gasteiger partial charge in [0.25, 0.3) is 0 Å². The predicted octanol–water partition coefficient (Wildman–Crippen LogP) is 9.39. The lowest BCUT2D eigenvalue weighted by atomic mass is 9.99. The number of rotatable bonds is 29. The van der Waals surface area contributed by atoms with Crippen molar-refractivity contribution in [2.75, 3.05) is 40.6 Å². The van der Waals surface area contributed by atoms with Crippen LogP contribution in [0.2, 0.25) is 0 Å². The molecule has 330 valence electrons. The average Bonchev–Trinajstić information content (AvgIpc) is 3.15. The highest BCUT2D eigenvalue weighted by Crippen LogP contribution is 2.50. The van der Waals surface area contributed by atoms with E-state index in [-0.39, 0.29) is 29.4 Å². The number of carbonyl (C=O) groups excluding carboxylic acids is 2. The molecule has 0 heterocycles. The number of hydrogen-bond donors (Lipinski definition) is 3. The molecule has 3 N–H and O–H groups in total. The molecule has 0 aliphatic carbocycles. The molecular weight excluding hydrogens is 757 g/mol. The number of carboxylic acids is 1. The van der Waals surface area contributed by atoms with E-state index >= 15 is 0 Å². The lowest BCUT2D eigenvalue weighted by Gasteiger charge is -2.22. The molecule has 0 radical (unpaired) electrons. The van der Waals surface area contributed by atoms with Crippen molar-refractivity contribution in [1.82, 2.24) is 0 Å². The van der Waals surface area contributed by atoms with Gasteiger partial charge in [0.1, 0.15) is 19.8 Å². The summed E-state index contributed by atoms with van der Waals surface area (Å²) >= 11 is 0. The van der Waals surface area contributed by atoms with Crippen LogP contribution < -0.4 is 18.9 Å². The van der Waals surface area contributed by atoms with E-state index in [0.29, 0.717) is 11.1 Å². The number of carboxylic acid groups (broad SMARTS) is 1. The quantitative estimate of drug-likeness (QED) is 0.0304. The van der Waals surface area contributed by atoms with Crippen LogP contribution in [0.3, 0.4) is 0 Å². The summed E-state index contributed by atoms with van der Waals surface area (Å²) < 4.78 is 32.3. The number of benzene rings is 1. The zero-order valence-corrected chi connectivity index (χ0v) is 37.2. The lowest BCUT2D eigenvalue weighted by molar-refractivity contribution is -0.148. The summed E-state index contributed by atoms with van der Waals surface area (Å²) in [4.78, 5) is 36.3. The topological polar surface area (TPSA) is 167 Å². The van der Waals surface area contributed by atoms with Crippen molar-refractivity contribution in [2.24, 2.45) is 0 Å². The van der Waals surface area contributed by atoms with Gasteiger partial charge in [-0.1, -0.05) is 69.9 Å². The molecule has 0 aliphatic heterocycles. The molecule has 1 rings (SSSR count). The Bertz CT molecular complexity index is 1690. The van der Waals surface area contributed by atoms with Gasteiger partial charge in [-0.05, 0) is 126 Å². The van der Waals surface area contributed by atoms with Crippen molar-refractivity contribution in [3.63, 3.8) is 0 Å². The second-order valence-corrected chi connectivity index (χ2v) is 15.1. The van der Waals surface area contributed by atoms with Crippen molar-refractivity contribution < 1.29 is 58.1 Å². The fourth-order valence-electron chi connectivity index (χ4n) is 5.98. The van der Waals surface area contributed by atoms with Crippen LogP contribution in [0.4, 0.5) is 0 Å². The zero-order chi connectivity index (χ0) is 44.3. The molecule has 0 aliphatic rings. The van der Waals surface area contributed by atoms with E-state index in [4.69, 9.17) is 43.7 Å². The van der Waals surface area contributed by atoms with E-state index in [2.05, 4.69) is 71.9 Å². The molecule has 0 unspecified atom stereocenters. The van der Waals surface area contributed by atoms with Crippen molar-refractivity contribution >= 4 is 17.9 Å². The minimum atomic E-state index is -1.76. The number of aliphatic hydroxyl groups is 2. The third-order valence-electron chi connectivity index (χ3n) is 9.33. The molecule has 59 heavy (non-hydrogen) atoms. The van der Waals surface area contributed by atoms with Gasteiger partial charge >= 0.3 is 17.9 Å². The fraction of sp³-hybridized carbons (Fsp3) is 0.553. The first kappa shape index (κ1) is 52.5. The first-order valence-corrected chi connectivity index (χ1v) is 20.3. The maximum absolute atomic E-state index is 12.8. The smallest absolute Gasteiger partial charge is 0.337 e. The van der Waals surface area contributed by atoms with Crippen LogP contribution in [0.15, 0.2) is 69.9 Å². The number of aliphatic carboxylic acids is 1. The van der Waals surface area contributed by atoms with Crippen molar-refractivity contribution in [3.05, 3.63) is 81.0 Å². The Balaban J connectivity index is 2.96. The molecule has 12 nitrogen and oxygen atoms in total. The highest BCUT2D eigenvalue weighted by atomic mass is 16.6. The van der Waals surface area contributed by atoms with Crippen LogP contribution in [0.1, 0.15) is 124 Å². The maximum Gasteiger partial charge on any atom is 0.337 e. The molecule has 1 aromatic carbocycles. The molecule has 0 fully saturated rings. The van der Waals surface area contributed by atoms with E-state index in [0.717, 1.165) is 69.8 Å². The summed E-state index contributed by atoms with van der Waals surface area (Å²) in [5, 5.41) is 27.0. The SMILES string of the molecule is COc1c(OC(=O)COCC(=O)O)c(C)c(C/C=C(\C)CC/C=C(\C)CC/C=C(\C)CC/C=C(\C)CC/C=C(\C)CCC=C(C)C)c(OC(=O)COCC(O)O)c1OC. The minimum absolute atomic E-state index is 0.0110. The second kappa shape index (κ2) is 29.7. The van der Waals surface area contributed by atoms with Crippen molar-refractivity contribution in [3.8, 4) is 23.0 Å². The van der Waals surface area contributed by atoms with Gasteiger partial charge in [0.2, 0.25) is 11.5 Å². The maximum atomic E-state index is 12.8. The molecule has 1 aromatic rings. The Kier molecular flexibility index (Phi) is 26.4. The number of allylic oxidation sites excluding steroid dienone is 12. The van der Waals surface area contributed by atoms with Crippen LogP contribution in [0, 0.1) is 6.92 Å². The van der Waals surface area contributed by atoms with Gasteiger partial charge in [0, 0.05) is 11.1 Å². The van der Waals surface area contributed by atoms with Crippen LogP contribution in [-0.4, -0.2) is 80.2 Å². The minimum Gasteiger partial charge on any atom is -0.490 e. The Hall–Kier alpha value is -4.49. The van der Waals surface area contributed by atoms with Gasteiger partial charge in [-0.2, -0.15) is 0 Å². The molecule has 0 atom stereocenters. The zero-order valence-electron chi connectivity index (χ0n) is 37.2. The highest BCUT2D eigenvalue weighted by molar-refractivity contribution is 5.80. The predicted molar refractivity (Wildman–Crippen MR) is 231 cm³/mol. The number of ether oxygens (including phenoxy) is 6. The van der Waals surface area contributed by atoms with Crippen LogP contribution in [0.5, 0.6) is 23.0 Å². The van der Waals surface area contributed by atoms with Crippen molar-refractivity contribution in [1.29, 1.82) is 0 Å². The number of aliphatic hydroxyl groups excluding tert-OH is 1. The van der Waals surface area contributed by atoms with Crippen LogP contribution in [0.25, 0.3) is 0 Å². The standard InChI is InChI=1S/C47H70O12/c1-32(2)16-11-17-33(3)18-12-19-34(4)20-13-21-35(5)22-14-23-36(6)24-15-25-37(7)26-27-39-38(8)44(58-42(52)30-56-28-40(48)49)46(54-9)47(55-10)45(39)59-43(53)31-57-29-41(50)51/h16,18,20,22,24,26,41,50-51H,11-15,17,19,21,23,25,27-31H2,1-10H3,(H,48,49)/b33-18+,34-20+,35-22+,36-24+,37-26+. The second-order valence-electron chi connectivity index (χ2n) is 15.1. The summed E-state index contributed by atoms with van der Waals surface area (Å²) in [6.07, 6.45) is 22.3. The van der Waals surface area contributed by atoms with Crippen LogP contribution >= 0.6 is 0 Å². The largest absolute Gasteiger partial charge is 0.490 e. The van der Waals surface area contributed by atoms with Gasteiger partial charge in [-0.25, -0.2) is 14.4 Å². The number of methoxy groups -OCH3 is 2. The van der Waals surface area contributed by atoms with E-state index in [9.17, 15) is 14.4 Å². The van der Waals surface area contributed by atoms with Crippen molar-refractivity contribution in [2.45, 2.75) is 132 Å². The average molecular weight is 827 g/mol. The monoisotopic (exact) mass is 826 g/mol. The van der Waals surface area contributed by atoms with Gasteiger partial charge in [-0.3, -0.25) is 0 Å². The number of hydrogen-bond acceptors (Lipinski definition) is 11. The van der Waals surface area contributed by atoms with E-state index < -0.39 is 50.6 Å². The summed E-state index contributed by atoms with van der Waals surface area (Å²) in [7, 11) is 2.65. The van der Waals surface area contributed by atoms with Crippen LogP contribution in [-0.2, 0) is 30.3 Å². The molecule has 0 saturated carbocycles. The summed E-state index contributed by atoms with van der Waals surface area (Å²) in [6, 6.07) is 0. The molecule has 0 saturated heterocycles. The highest BCUT2D eigenvalue weighted by Gasteiger charge is 2.29. The Morgan fingerprint density at radius 3 is 1.34 bits per heavy atom. The van der Waals surface area contributed by atoms with Gasteiger partial charge < -0.3 is 43.7 Å².